The predicted octanol–water partition coefficient (Wildman–Crippen LogP) is 6.24. The minimum atomic E-state index is -0.322. The molecular formula is C38H59N3O6. The van der Waals surface area contributed by atoms with Gasteiger partial charge >= 0.3 is 12.2 Å². The normalized spacial score (nSPS) is 46.8. The number of ether oxygens (including phenoxy) is 3. The van der Waals surface area contributed by atoms with Crippen molar-refractivity contribution >= 4 is 18.1 Å². The zero-order valence-corrected chi connectivity index (χ0v) is 29.7. The summed E-state index contributed by atoms with van der Waals surface area (Å²) in [6.45, 7) is 16.8. The Bertz CT molecular complexity index is 1300. The molecule has 8 unspecified atom stereocenters. The summed E-state index contributed by atoms with van der Waals surface area (Å²) in [5.41, 5.74) is 0.993. The number of amides is 3. The summed E-state index contributed by atoms with van der Waals surface area (Å²) in [5, 5.41) is 2.81. The summed E-state index contributed by atoms with van der Waals surface area (Å²) in [7, 11) is 0. The van der Waals surface area contributed by atoms with E-state index >= 15 is 0 Å². The molecule has 2 spiro atoms. The highest BCUT2D eigenvalue weighted by Crippen LogP contribution is 2.87. The lowest BCUT2D eigenvalue weighted by atomic mass is 9.46. The van der Waals surface area contributed by atoms with Gasteiger partial charge < -0.3 is 24.4 Å². The Morgan fingerprint density at radius 3 is 2.43 bits per heavy atom. The van der Waals surface area contributed by atoms with Gasteiger partial charge in [-0.15, -0.1) is 0 Å². The molecule has 0 radical (unpaired) electrons. The van der Waals surface area contributed by atoms with E-state index in [0.29, 0.717) is 53.0 Å². The zero-order chi connectivity index (χ0) is 33.1. The molecule has 47 heavy (non-hydrogen) atoms. The Morgan fingerprint density at radius 1 is 0.936 bits per heavy atom. The molecule has 12 atom stereocenters. The van der Waals surface area contributed by atoms with Gasteiger partial charge in [0.05, 0.1) is 12.2 Å². The summed E-state index contributed by atoms with van der Waals surface area (Å²) in [5.74, 6) is 3.20. The Labute approximate surface area is 281 Å². The molecule has 0 aromatic carbocycles. The molecule has 5 aliphatic carbocycles. The molecule has 3 amide bonds. The summed E-state index contributed by atoms with van der Waals surface area (Å²) in [6.07, 6.45) is 11.1. The fourth-order valence-corrected chi connectivity index (χ4v) is 13.6. The first-order chi connectivity index (χ1) is 22.3. The largest absolute Gasteiger partial charge is 0.446 e. The van der Waals surface area contributed by atoms with Crippen LogP contribution >= 0.6 is 0 Å². The number of nitrogens with one attached hydrogen (secondary N) is 1. The van der Waals surface area contributed by atoms with Gasteiger partial charge in [-0.25, -0.2) is 9.59 Å². The number of fused-ring (bicyclic) bond motifs is 4. The minimum absolute atomic E-state index is 0.0321. The number of carbonyl (C=O) groups excluding carboxylic acids is 3. The standard InChI is InChI=1S/C38H59N3O6/c1-22(2)32(47-33(43)40-15-7-16-40)27-18-23(3)31-26(45-27)19-25-24-8-9-28-35(4,5)29(46-34(44)41-17-14-39-30(42)20-41)10-11-38(28)21-37(24,38)13-12-36(25,31)6/h22-29,31-32H,7-21H2,1-6H3,(H,39,42)/t23-,24?,25?,26?,27?,28?,29+,31?,32-,36?,37+,38?/m1/s1. The number of rotatable bonds is 4. The van der Waals surface area contributed by atoms with Crippen LogP contribution in [-0.2, 0) is 19.0 Å². The third-order valence-electron chi connectivity index (χ3n) is 15.8. The first-order valence-electron chi connectivity index (χ1n) is 19.1. The highest BCUT2D eigenvalue weighted by Gasteiger charge is 2.81. The lowest BCUT2D eigenvalue weighted by Gasteiger charge is -2.59. The fraction of sp³-hybridized carbons (Fsp3) is 0.921. The molecule has 0 aromatic heterocycles. The van der Waals surface area contributed by atoms with Gasteiger partial charge in [0, 0.05) is 31.6 Å². The average molecular weight is 654 g/mol. The number of carbonyl (C=O) groups is 3. The molecule has 0 bridgehead atoms. The summed E-state index contributed by atoms with van der Waals surface area (Å²) in [4.78, 5) is 41.4. The van der Waals surface area contributed by atoms with E-state index in [-0.39, 0.29) is 60.4 Å². The average Bonchev–Trinajstić information content (AvgIpc) is 3.55. The Balaban J connectivity index is 0.975. The molecule has 3 aliphatic heterocycles. The van der Waals surface area contributed by atoms with Gasteiger partial charge in [0.15, 0.2) is 0 Å². The van der Waals surface area contributed by atoms with E-state index in [0.717, 1.165) is 51.1 Å². The molecule has 3 heterocycles. The molecule has 8 fully saturated rings. The number of hydrogen-bond acceptors (Lipinski definition) is 6. The first-order valence-corrected chi connectivity index (χ1v) is 19.1. The molecule has 0 aromatic rings. The van der Waals surface area contributed by atoms with Crippen molar-refractivity contribution in [1.29, 1.82) is 0 Å². The van der Waals surface area contributed by atoms with Crippen molar-refractivity contribution in [3.05, 3.63) is 0 Å². The van der Waals surface area contributed by atoms with Crippen molar-refractivity contribution in [2.75, 3.05) is 32.7 Å². The Morgan fingerprint density at radius 2 is 1.72 bits per heavy atom. The van der Waals surface area contributed by atoms with Crippen molar-refractivity contribution in [3.63, 3.8) is 0 Å². The van der Waals surface area contributed by atoms with E-state index in [4.69, 9.17) is 14.2 Å². The Kier molecular flexibility index (Phi) is 7.52. The van der Waals surface area contributed by atoms with Gasteiger partial charge in [-0.05, 0) is 116 Å². The highest BCUT2D eigenvalue weighted by atomic mass is 16.6. The molecule has 262 valence electrons. The van der Waals surface area contributed by atoms with Gasteiger partial charge in [0.25, 0.3) is 0 Å². The van der Waals surface area contributed by atoms with Crippen molar-refractivity contribution in [3.8, 4) is 0 Å². The van der Waals surface area contributed by atoms with Crippen LogP contribution in [0.1, 0.15) is 106 Å². The van der Waals surface area contributed by atoms with Crippen molar-refractivity contribution < 1.29 is 28.6 Å². The van der Waals surface area contributed by atoms with Crippen molar-refractivity contribution in [1.82, 2.24) is 15.1 Å². The summed E-state index contributed by atoms with van der Waals surface area (Å²) in [6, 6.07) is 0. The third kappa shape index (κ3) is 4.66. The van der Waals surface area contributed by atoms with Crippen LogP contribution in [-0.4, -0.2) is 85.0 Å². The highest BCUT2D eigenvalue weighted by molar-refractivity contribution is 5.83. The molecule has 9 heteroatoms. The van der Waals surface area contributed by atoms with Crippen LogP contribution < -0.4 is 5.32 Å². The molecule has 8 aliphatic rings. The van der Waals surface area contributed by atoms with Gasteiger partial charge in [-0.3, -0.25) is 9.69 Å². The van der Waals surface area contributed by atoms with E-state index in [1.54, 1.807) is 4.90 Å². The lowest BCUT2D eigenvalue weighted by molar-refractivity contribution is -0.167. The maximum Gasteiger partial charge on any atom is 0.410 e. The monoisotopic (exact) mass is 653 g/mol. The predicted molar refractivity (Wildman–Crippen MR) is 176 cm³/mol. The van der Waals surface area contributed by atoms with Crippen LogP contribution in [0.25, 0.3) is 0 Å². The van der Waals surface area contributed by atoms with E-state index in [9.17, 15) is 14.4 Å². The van der Waals surface area contributed by atoms with Crippen LogP contribution in [0.15, 0.2) is 0 Å². The molecule has 1 N–H and O–H groups in total. The van der Waals surface area contributed by atoms with E-state index < -0.39 is 0 Å². The van der Waals surface area contributed by atoms with Crippen molar-refractivity contribution in [2.45, 2.75) is 130 Å². The second kappa shape index (κ2) is 11.0. The number of piperazine rings is 1. The summed E-state index contributed by atoms with van der Waals surface area (Å²) < 4.78 is 19.5. The van der Waals surface area contributed by atoms with E-state index in [1.165, 1.54) is 32.1 Å². The number of hydrogen-bond donors (Lipinski definition) is 1. The van der Waals surface area contributed by atoms with Crippen LogP contribution in [0.3, 0.4) is 0 Å². The second-order valence-corrected chi connectivity index (χ2v) is 18.5. The van der Waals surface area contributed by atoms with Crippen LogP contribution in [0.4, 0.5) is 9.59 Å². The smallest absolute Gasteiger partial charge is 0.410 e. The molecule has 5 saturated carbocycles. The van der Waals surface area contributed by atoms with Gasteiger partial charge in [0.1, 0.15) is 18.8 Å². The van der Waals surface area contributed by atoms with E-state index in [2.05, 4.69) is 46.9 Å². The molecule has 3 saturated heterocycles. The third-order valence-corrected chi connectivity index (χ3v) is 15.8. The molecular weight excluding hydrogens is 594 g/mol. The number of nitrogens with zero attached hydrogens (tertiary/aromatic N) is 2. The Hall–Kier alpha value is -2.03. The maximum absolute atomic E-state index is 13.2. The maximum atomic E-state index is 13.2. The van der Waals surface area contributed by atoms with Crippen LogP contribution in [0.5, 0.6) is 0 Å². The van der Waals surface area contributed by atoms with Gasteiger partial charge in [-0.1, -0.05) is 41.5 Å². The fourth-order valence-electron chi connectivity index (χ4n) is 13.6. The summed E-state index contributed by atoms with van der Waals surface area (Å²) >= 11 is 0. The van der Waals surface area contributed by atoms with Gasteiger partial charge in [-0.2, -0.15) is 0 Å². The lowest BCUT2D eigenvalue weighted by Crippen LogP contribution is -2.56. The van der Waals surface area contributed by atoms with Crippen LogP contribution in [0.2, 0.25) is 0 Å². The first kappa shape index (κ1) is 32.2. The SMILES string of the molecule is CC(C)[C@@H](OC(=O)N1CCC1)C1C[C@@H](C)C2C(CC3C4CCC5C(C)(C)[C@@H](OC(=O)N6CCNC(=O)C6)CCC56C[C@@]46CCC32C)O1. The quantitative estimate of drug-likeness (QED) is 0.386. The van der Waals surface area contributed by atoms with Crippen molar-refractivity contribution in [2.24, 2.45) is 57.2 Å². The topological polar surface area (TPSA) is 97.4 Å². The van der Waals surface area contributed by atoms with E-state index in [1.807, 2.05) is 4.90 Å². The molecule has 8 rings (SSSR count). The number of likely N-dealkylation sites (tertiary alicyclic amines) is 1. The second-order valence-electron chi connectivity index (χ2n) is 18.5. The minimum Gasteiger partial charge on any atom is -0.446 e. The van der Waals surface area contributed by atoms with Gasteiger partial charge in [0.2, 0.25) is 5.91 Å². The van der Waals surface area contributed by atoms with Crippen LogP contribution in [0, 0.1) is 57.2 Å². The zero-order valence-electron chi connectivity index (χ0n) is 29.7. The molecule has 9 nitrogen and oxygen atoms in total.